The first-order chi connectivity index (χ1) is 10.6. The Balaban J connectivity index is 1.71. The van der Waals surface area contributed by atoms with Gasteiger partial charge >= 0.3 is 5.97 Å². The van der Waals surface area contributed by atoms with E-state index < -0.39 is 17.8 Å². The number of benzene rings is 1. The summed E-state index contributed by atoms with van der Waals surface area (Å²) in [6.07, 6.45) is 3.04. The van der Waals surface area contributed by atoms with Crippen LogP contribution in [0.3, 0.4) is 0 Å². The number of fused-ring (bicyclic) bond motifs is 5. The molecule has 0 unspecified atom stereocenters. The first kappa shape index (κ1) is 13.2. The van der Waals surface area contributed by atoms with Crippen molar-refractivity contribution in [3.63, 3.8) is 0 Å². The number of carbonyl (C=O) groups is 3. The minimum Gasteiger partial charge on any atom is -0.465 e. The molecule has 6 nitrogen and oxygen atoms in total. The molecule has 3 aliphatic heterocycles. The van der Waals surface area contributed by atoms with Gasteiger partial charge in [-0.25, -0.2) is 9.69 Å². The highest BCUT2D eigenvalue weighted by molar-refractivity contribution is 6.23. The Morgan fingerprint density at radius 3 is 2.36 bits per heavy atom. The van der Waals surface area contributed by atoms with Crippen LogP contribution in [0.25, 0.3) is 0 Å². The lowest BCUT2D eigenvalue weighted by Gasteiger charge is -2.18. The maximum atomic E-state index is 12.6. The lowest BCUT2D eigenvalue weighted by molar-refractivity contribution is -0.124. The highest BCUT2D eigenvalue weighted by atomic mass is 16.5. The average molecular weight is 299 g/mol. The molecule has 6 heteroatoms. The lowest BCUT2D eigenvalue weighted by atomic mass is 9.85. The van der Waals surface area contributed by atoms with Crippen LogP contribution in [0.4, 0.5) is 5.69 Å². The zero-order chi connectivity index (χ0) is 15.4. The normalized spacial score (nSPS) is 31.8. The van der Waals surface area contributed by atoms with E-state index in [2.05, 4.69) is 4.74 Å². The van der Waals surface area contributed by atoms with E-state index in [0.29, 0.717) is 11.3 Å². The molecule has 0 aromatic heterocycles. The fraction of sp³-hybridized carbons (Fsp3) is 0.312. The maximum Gasteiger partial charge on any atom is 0.337 e. The second kappa shape index (κ2) is 4.51. The number of methoxy groups -OCH3 is 1. The van der Waals surface area contributed by atoms with Gasteiger partial charge < -0.3 is 9.47 Å². The molecule has 2 saturated heterocycles. The van der Waals surface area contributed by atoms with Crippen LogP contribution in [0.2, 0.25) is 0 Å². The van der Waals surface area contributed by atoms with Crippen molar-refractivity contribution >= 4 is 23.5 Å². The number of anilines is 1. The monoisotopic (exact) mass is 299 g/mol. The summed E-state index contributed by atoms with van der Waals surface area (Å²) in [7, 11) is 1.28. The highest BCUT2D eigenvalue weighted by Gasteiger charge is 2.61. The molecular formula is C16H13NO5. The summed E-state index contributed by atoms with van der Waals surface area (Å²) in [4.78, 5) is 38.0. The zero-order valence-corrected chi connectivity index (χ0v) is 11.8. The second-order valence-electron chi connectivity index (χ2n) is 5.56. The van der Waals surface area contributed by atoms with Crippen molar-refractivity contribution in [1.82, 2.24) is 0 Å². The topological polar surface area (TPSA) is 72.9 Å². The molecule has 0 saturated carbocycles. The molecule has 3 aliphatic rings. The van der Waals surface area contributed by atoms with Gasteiger partial charge in [0.2, 0.25) is 11.8 Å². The first-order valence-corrected chi connectivity index (χ1v) is 7.02. The third-order valence-corrected chi connectivity index (χ3v) is 4.44. The van der Waals surface area contributed by atoms with Crippen molar-refractivity contribution in [2.45, 2.75) is 12.2 Å². The van der Waals surface area contributed by atoms with E-state index in [1.807, 2.05) is 12.2 Å². The van der Waals surface area contributed by atoms with Crippen LogP contribution < -0.4 is 4.90 Å². The van der Waals surface area contributed by atoms with Crippen LogP contribution in [-0.2, 0) is 19.1 Å². The number of carbonyl (C=O) groups excluding carboxylic acids is 3. The molecule has 2 fully saturated rings. The molecule has 3 heterocycles. The van der Waals surface area contributed by atoms with Gasteiger partial charge in [0.1, 0.15) is 0 Å². The third-order valence-electron chi connectivity index (χ3n) is 4.44. The minimum absolute atomic E-state index is 0.270. The minimum atomic E-state index is -0.508. The Labute approximate surface area is 126 Å². The van der Waals surface area contributed by atoms with Crippen molar-refractivity contribution in [3.05, 3.63) is 42.0 Å². The van der Waals surface area contributed by atoms with E-state index in [1.165, 1.54) is 13.2 Å². The van der Waals surface area contributed by atoms with Gasteiger partial charge in [-0.15, -0.1) is 0 Å². The second-order valence-corrected chi connectivity index (χ2v) is 5.56. The Hall–Kier alpha value is -2.47. The molecule has 1 aromatic rings. The number of hydrogen-bond donors (Lipinski definition) is 0. The molecule has 0 radical (unpaired) electrons. The predicted octanol–water partition coefficient (Wildman–Crippen LogP) is 0.916. The van der Waals surface area contributed by atoms with E-state index in [9.17, 15) is 14.4 Å². The molecule has 1 aromatic carbocycles. The van der Waals surface area contributed by atoms with Gasteiger partial charge in [0.15, 0.2) is 0 Å². The largest absolute Gasteiger partial charge is 0.465 e. The number of imide groups is 1. The number of amides is 2. The van der Waals surface area contributed by atoms with Crippen molar-refractivity contribution in [3.8, 4) is 0 Å². The third kappa shape index (κ3) is 1.61. The van der Waals surface area contributed by atoms with Gasteiger partial charge in [-0.05, 0) is 18.2 Å². The van der Waals surface area contributed by atoms with Crippen LogP contribution in [0.1, 0.15) is 10.4 Å². The van der Waals surface area contributed by atoms with Gasteiger partial charge in [0.05, 0.1) is 42.4 Å². The Morgan fingerprint density at radius 1 is 1.14 bits per heavy atom. The Kier molecular flexibility index (Phi) is 2.71. The quantitative estimate of drug-likeness (QED) is 0.461. The summed E-state index contributed by atoms with van der Waals surface area (Å²) in [5.41, 5.74) is 0.696. The van der Waals surface area contributed by atoms with Gasteiger partial charge in [-0.2, -0.15) is 0 Å². The summed E-state index contributed by atoms with van der Waals surface area (Å²) < 4.78 is 10.3. The van der Waals surface area contributed by atoms with Crippen molar-refractivity contribution in [1.29, 1.82) is 0 Å². The van der Waals surface area contributed by atoms with Crippen molar-refractivity contribution in [2.75, 3.05) is 12.0 Å². The summed E-state index contributed by atoms with van der Waals surface area (Å²) in [5, 5.41) is 0. The van der Waals surface area contributed by atoms with Crippen LogP contribution >= 0.6 is 0 Å². The number of rotatable bonds is 2. The van der Waals surface area contributed by atoms with Gasteiger partial charge in [0.25, 0.3) is 0 Å². The Bertz CT molecular complexity index is 695. The highest BCUT2D eigenvalue weighted by Crippen LogP contribution is 2.46. The van der Waals surface area contributed by atoms with Crippen molar-refractivity contribution in [2.24, 2.45) is 11.8 Å². The molecule has 0 N–H and O–H groups in total. The summed E-state index contributed by atoms with van der Waals surface area (Å²) in [5.74, 6) is -1.96. The zero-order valence-electron chi connectivity index (χ0n) is 11.8. The summed E-state index contributed by atoms with van der Waals surface area (Å²) >= 11 is 0. The van der Waals surface area contributed by atoms with Crippen LogP contribution in [0, 0.1) is 11.8 Å². The fourth-order valence-corrected chi connectivity index (χ4v) is 3.45. The van der Waals surface area contributed by atoms with E-state index in [-0.39, 0.29) is 24.0 Å². The predicted molar refractivity (Wildman–Crippen MR) is 75.1 cm³/mol. The van der Waals surface area contributed by atoms with Gasteiger partial charge in [0, 0.05) is 0 Å². The van der Waals surface area contributed by atoms with E-state index in [0.717, 1.165) is 4.90 Å². The number of nitrogens with zero attached hydrogens (tertiary/aromatic N) is 1. The van der Waals surface area contributed by atoms with Crippen LogP contribution in [-0.4, -0.2) is 37.1 Å². The van der Waals surface area contributed by atoms with Gasteiger partial charge in [-0.3, -0.25) is 9.59 Å². The number of ether oxygens (including phenoxy) is 2. The SMILES string of the molecule is COC(=O)c1cccc(N2C(=O)[C@@H]3[C@H](C2=O)[C@H]2C=C[C@@H]3O2)c1. The molecule has 112 valence electrons. The van der Waals surface area contributed by atoms with E-state index in [1.54, 1.807) is 18.2 Å². The summed E-state index contributed by atoms with van der Waals surface area (Å²) in [6, 6.07) is 6.34. The summed E-state index contributed by atoms with van der Waals surface area (Å²) in [6.45, 7) is 0. The molecule has 2 amide bonds. The lowest BCUT2D eigenvalue weighted by Crippen LogP contribution is -2.34. The molecule has 4 rings (SSSR count). The smallest absolute Gasteiger partial charge is 0.337 e. The molecular weight excluding hydrogens is 286 g/mol. The van der Waals surface area contributed by atoms with E-state index in [4.69, 9.17) is 4.74 Å². The standard InChI is InChI=1S/C16H13NO5/c1-21-16(20)8-3-2-4-9(7-8)17-14(18)12-10-5-6-11(22-10)13(12)15(17)19/h2-7,10-13H,1H3/t10-,11+,12-,13+. The first-order valence-electron chi connectivity index (χ1n) is 7.02. The Morgan fingerprint density at radius 2 is 1.77 bits per heavy atom. The van der Waals surface area contributed by atoms with Gasteiger partial charge in [-0.1, -0.05) is 18.2 Å². The number of esters is 1. The maximum absolute atomic E-state index is 12.6. The molecule has 0 spiro atoms. The molecule has 22 heavy (non-hydrogen) atoms. The molecule has 2 bridgehead atoms. The van der Waals surface area contributed by atoms with Crippen molar-refractivity contribution < 1.29 is 23.9 Å². The molecule has 0 aliphatic carbocycles. The van der Waals surface area contributed by atoms with Crippen LogP contribution in [0.5, 0.6) is 0 Å². The van der Waals surface area contributed by atoms with E-state index >= 15 is 0 Å². The fourth-order valence-electron chi connectivity index (χ4n) is 3.45. The average Bonchev–Trinajstić information content (AvgIpc) is 3.21. The number of hydrogen-bond acceptors (Lipinski definition) is 5. The van der Waals surface area contributed by atoms with Crippen LogP contribution in [0.15, 0.2) is 36.4 Å². The molecule has 4 atom stereocenters.